The molecule has 2 unspecified atom stereocenters. The first kappa shape index (κ1) is 20.1. The number of ether oxygens (including phenoxy) is 2. The van der Waals surface area contributed by atoms with E-state index < -0.39 is 12.1 Å². The maximum absolute atomic E-state index is 13.5. The van der Waals surface area contributed by atoms with Gasteiger partial charge in [-0.15, -0.1) is 0 Å². The first-order chi connectivity index (χ1) is 15.5. The summed E-state index contributed by atoms with van der Waals surface area (Å²) in [5.74, 6) is 0.644. The summed E-state index contributed by atoms with van der Waals surface area (Å²) in [7, 11) is 0. The molecule has 0 radical (unpaired) electrons. The largest absolute Gasteiger partial charge is 0.485 e. The summed E-state index contributed by atoms with van der Waals surface area (Å²) in [5.41, 5.74) is 3.16. The molecule has 1 fully saturated rings. The molecule has 32 heavy (non-hydrogen) atoms. The van der Waals surface area contributed by atoms with Crippen LogP contribution in [0.1, 0.15) is 23.0 Å². The number of amides is 2. The van der Waals surface area contributed by atoms with Gasteiger partial charge >= 0.3 is 0 Å². The number of hydrogen-bond donors (Lipinski definition) is 1. The van der Waals surface area contributed by atoms with Crippen molar-refractivity contribution in [3.05, 3.63) is 71.5 Å². The van der Waals surface area contributed by atoms with Crippen LogP contribution in [-0.2, 0) is 9.59 Å². The molecule has 8 heteroatoms. The second-order valence-electron chi connectivity index (χ2n) is 7.92. The fourth-order valence-corrected chi connectivity index (χ4v) is 4.39. The van der Waals surface area contributed by atoms with Crippen molar-refractivity contribution in [3.8, 4) is 17.2 Å². The van der Waals surface area contributed by atoms with Gasteiger partial charge in [0.25, 0.3) is 5.91 Å². The van der Waals surface area contributed by atoms with Crippen molar-refractivity contribution in [3.63, 3.8) is 0 Å². The highest BCUT2D eigenvalue weighted by Gasteiger charge is 2.42. The molecule has 164 valence electrons. The fourth-order valence-electron chi connectivity index (χ4n) is 4.39. The minimum atomic E-state index is -0.817. The molecule has 2 aliphatic rings. The standard InChI is InChI=1S/C24H24N4O4/c1-15-21(16(2)28(26-15)17-8-4-3-5-9-17)22-23(29)25-12-13-27(22)24(30)20-14-31-18-10-6-7-11-19(18)32-20/h3-11,20,22H,12-14H2,1-2H3,(H,25,29). The van der Waals surface area contributed by atoms with Gasteiger partial charge in [0.05, 0.1) is 11.4 Å². The van der Waals surface area contributed by atoms with Crippen molar-refractivity contribution in [2.24, 2.45) is 0 Å². The zero-order valence-electron chi connectivity index (χ0n) is 17.9. The van der Waals surface area contributed by atoms with Crippen LogP contribution in [0, 0.1) is 13.8 Å². The van der Waals surface area contributed by atoms with Crippen molar-refractivity contribution in [2.75, 3.05) is 19.7 Å². The van der Waals surface area contributed by atoms with E-state index in [-0.39, 0.29) is 18.4 Å². The Bertz CT molecular complexity index is 1170. The van der Waals surface area contributed by atoms with E-state index in [4.69, 9.17) is 9.47 Å². The number of carbonyl (C=O) groups excluding carboxylic acids is 2. The minimum absolute atomic E-state index is 0.0991. The third-order valence-corrected chi connectivity index (χ3v) is 5.90. The van der Waals surface area contributed by atoms with Gasteiger partial charge in [-0.25, -0.2) is 4.68 Å². The fraction of sp³-hybridized carbons (Fsp3) is 0.292. The zero-order valence-corrected chi connectivity index (χ0v) is 17.9. The first-order valence-corrected chi connectivity index (χ1v) is 10.6. The van der Waals surface area contributed by atoms with Crippen LogP contribution in [0.15, 0.2) is 54.6 Å². The van der Waals surface area contributed by atoms with Crippen LogP contribution >= 0.6 is 0 Å². The van der Waals surface area contributed by atoms with Gasteiger partial charge in [-0.2, -0.15) is 5.10 Å². The molecule has 3 aromatic rings. The lowest BCUT2D eigenvalue weighted by atomic mass is 9.99. The summed E-state index contributed by atoms with van der Waals surface area (Å²) >= 11 is 0. The van der Waals surface area contributed by atoms with Gasteiger partial charge in [0.1, 0.15) is 12.6 Å². The Morgan fingerprint density at radius 2 is 1.78 bits per heavy atom. The smallest absolute Gasteiger partial charge is 0.268 e. The van der Waals surface area contributed by atoms with E-state index in [1.54, 1.807) is 17.0 Å². The van der Waals surface area contributed by atoms with Crippen LogP contribution in [0.4, 0.5) is 0 Å². The molecule has 1 saturated heterocycles. The predicted octanol–water partition coefficient (Wildman–Crippen LogP) is 2.33. The van der Waals surface area contributed by atoms with Gasteiger partial charge in [-0.3, -0.25) is 9.59 Å². The molecule has 0 saturated carbocycles. The van der Waals surface area contributed by atoms with Crippen molar-refractivity contribution < 1.29 is 19.1 Å². The summed E-state index contributed by atoms with van der Waals surface area (Å²) in [4.78, 5) is 28.1. The molecule has 0 aliphatic carbocycles. The number of carbonyl (C=O) groups is 2. The Labute approximate surface area is 185 Å². The lowest BCUT2D eigenvalue weighted by Gasteiger charge is -2.38. The molecule has 2 aliphatic heterocycles. The average molecular weight is 432 g/mol. The highest BCUT2D eigenvalue weighted by molar-refractivity contribution is 5.92. The van der Waals surface area contributed by atoms with E-state index in [2.05, 4.69) is 10.4 Å². The van der Waals surface area contributed by atoms with E-state index in [9.17, 15) is 9.59 Å². The van der Waals surface area contributed by atoms with Crippen LogP contribution in [0.5, 0.6) is 11.5 Å². The van der Waals surface area contributed by atoms with Gasteiger partial charge in [0, 0.05) is 24.3 Å². The van der Waals surface area contributed by atoms with Crippen molar-refractivity contribution in [1.29, 1.82) is 0 Å². The average Bonchev–Trinajstić information content (AvgIpc) is 3.12. The second kappa shape index (κ2) is 8.03. The van der Waals surface area contributed by atoms with Gasteiger partial charge in [0.15, 0.2) is 11.5 Å². The maximum Gasteiger partial charge on any atom is 0.268 e. The summed E-state index contributed by atoms with van der Waals surface area (Å²) in [6.45, 7) is 4.65. The molecule has 8 nitrogen and oxygen atoms in total. The number of aromatic nitrogens is 2. The second-order valence-corrected chi connectivity index (χ2v) is 7.92. The lowest BCUT2D eigenvalue weighted by Crippen LogP contribution is -2.56. The molecule has 1 aromatic heterocycles. The lowest BCUT2D eigenvalue weighted by molar-refractivity contribution is -0.150. The Balaban J connectivity index is 1.49. The minimum Gasteiger partial charge on any atom is -0.485 e. The molecule has 1 N–H and O–H groups in total. The number of hydrogen-bond acceptors (Lipinski definition) is 5. The number of para-hydroxylation sites is 3. The van der Waals surface area contributed by atoms with Crippen molar-refractivity contribution >= 4 is 11.8 Å². The normalized spacial score (nSPS) is 20.1. The van der Waals surface area contributed by atoms with E-state index >= 15 is 0 Å². The van der Waals surface area contributed by atoms with E-state index in [0.717, 1.165) is 16.9 Å². The van der Waals surface area contributed by atoms with E-state index in [1.165, 1.54) is 0 Å². The van der Waals surface area contributed by atoms with Gasteiger partial charge in [0.2, 0.25) is 12.0 Å². The van der Waals surface area contributed by atoms with Crippen LogP contribution in [0.3, 0.4) is 0 Å². The topological polar surface area (TPSA) is 85.7 Å². The Morgan fingerprint density at radius 1 is 1.06 bits per heavy atom. The number of benzene rings is 2. The van der Waals surface area contributed by atoms with Gasteiger partial charge in [-0.05, 0) is 38.1 Å². The molecule has 2 amide bonds. The monoisotopic (exact) mass is 432 g/mol. The highest BCUT2D eigenvalue weighted by atomic mass is 16.6. The van der Waals surface area contributed by atoms with Crippen molar-refractivity contribution in [2.45, 2.75) is 26.0 Å². The Morgan fingerprint density at radius 3 is 2.56 bits per heavy atom. The highest BCUT2D eigenvalue weighted by Crippen LogP contribution is 2.34. The zero-order chi connectivity index (χ0) is 22.2. The summed E-state index contributed by atoms with van der Waals surface area (Å²) < 4.78 is 13.5. The summed E-state index contributed by atoms with van der Waals surface area (Å²) in [6.07, 6.45) is -0.817. The quantitative estimate of drug-likeness (QED) is 0.687. The molecule has 2 atom stereocenters. The SMILES string of the molecule is Cc1nn(-c2ccccc2)c(C)c1C1C(=O)NCCN1C(=O)C1COc2ccccc2O1. The number of aryl methyl sites for hydroxylation is 1. The molecule has 2 aromatic carbocycles. The first-order valence-electron chi connectivity index (χ1n) is 10.6. The van der Waals surface area contributed by atoms with E-state index in [0.29, 0.717) is 30.3 Å². The van der Waals surface area contributed by atoms with Crippen LogP contribution in [-0.4, -0.2) is 52.3 Å². The molecule has 5 rings (SSSR count). The molecular formula is C24H24N4O4. The molecule has 0 spiro atoms. The van der Waals surface area contributed by atoms with Crippen LogP contribution < -0.4 is 14.8 Å². The number of rotatable bonds is 3. The van der Waals surface area contributed by atoms with Crippen LogP contribution in [0.2, 0.25) is 0 Å². The Hall–Kier alpha value is -3.81. The number of nitrogens with zero attached hydrogens (tertiary/aromatic N) is 3. The number of nitrogens with one attached hydrogen (secondary N) is 1. The Kier molecular flexibility index (Phi) is 5.05. The van der Waals surface area contributed by atoms with Crippen LogP contribution in [0.25, 0.3) is 5.69 Å². The maximum atomic E-state index is 13.5. The summed E-state index contributed by atoms with van der Waals surface area (Å²) in [6, 6.07) is 16.2. The third kappa shape index (κ3) is 3.37. The molecular weight excluding hydrogens is 408 g/mol. The predicted molar refractivity (Wildman–Crippen MR) is 117 cm³/mol. The molecule has 0 bridgehead atoms. The van der Waals surface area contributed by atoms with Gasteiger partial charge < -0.3 is 19.7 Å². The number of piperazine rings is 1. The molecule has 3 heterocycles. The third-order valence-electron chi connectivity index (χ3n) is 5.90. The van der Waals surface area contributed by atoms with Gasteiger partial charge in [-0.1, -0.05) is 30.3 Å². The van der Waals surface area contributed by atoms with E-state index in [1.807, 2.05) is 61.0 Å². The summed E-state index contributed by atoms with van der Waals surface area (Å²) in [5, 5.41) is 7.56. The van der Waals surface area contributed by atoms with Crippen molar-refractivity contribution in [1.82, 2.24) is 20.0 Å². The number of fused-ring (bicyclic) bond motifs is 1.